The summed E-state index contributed by atoms with van der Waals surface area (Å²) >= 11 is 0. The minimum absolute atomic E-state index is 0.0340. The maximum absolute atomic E-state index is 12.5. The summed E-state index contributed by atoms with van der Waals surface area (Å²) in [5, 5.41) is 18.8. The Labute approximate surface area is 179 Å². The fourth-order valence-electron chi connectivity index (χ4n) is 2.73. The van der Waals surface area contributed by atoms with Gasteiger partial charge in [-0.2, -0.15) is 0 Å². The van der Waals surface area contributed by atoms with Crippen molar-refractivity contribution in [2.24, 2.45) is 5.73 Å². The monoisotopic (exact) mass is 421 g/mol. The highest BCUT2D eigenvalue weighted by Crippen LogP contribution is 2.32. The van der Waals surface area contributed by atoms with Gasteiger partial charge in [0.25, 0.3) is 0 Å². The molecule has 0 amide bonds. The van der Waals surface area contributed by atoms with Crippen LogP contribution in [0.25, 0.3) is 0 Å². The Kier molecular flexibility index (Phi) is 6.27. The molecule has 0 spiro atoms. The smallest absolute Gasteiger partial charge is 0.343 e. The maximum Gasteiger partial charge on any atom is 0.343 e. The van der Waals surface area contributed by atoms with E-state index in [0.717, 1.165) is 5.56 Å². The van der Waals surface area contributed by atoms with Crippen molar-refractivity contribution in [2.75, 3.05) is 6.54 Å². The summed E-state index contributed by atoms with van der Waals surface area (Å²) in [6, 6.07) is 16.1. The second kappa shape index (κ2) is 8.89. The van der Waals surface area contributed by atoms with Gasteiger partial charge >= 0.3 is 11.9 Å². The van der Waals surface area contributed by atoms with Gasteiger partial charge in [0.05, 0.1) is 11.1 Å². The molecular weight excluding hydrogens is 398 g/mol. The molecule has 0 atom stereocenters. The van der Waals surface area contributed by atoms with Crippen LogP contribution in [0.2, 0.25) is 0 Å². The number of phenolic OH excluding ortho intramolecular Hbond substituents is 2. The zero-order valence-corrected chi connectivity index (χ0v) is 17.2. The Morgan fingerprint density at radius 2 is 1.16 bits per heavy atom. The van der Waals surface area contributed by atoms with Crippen molar-refractivity contribution in [1.82, 2.24) is 0 Å². The van der Waals surface area contributed by atoms with Gasteiger partial charge in [-0.1, -0.05) is 13.8 Å². The lowest BCUT2D eigenvalue weighted by Crippen LogP contribution is -2.28. The number of esters is 2. The van der Waals surface area contributed by atoms with E-state index in [1.165, 1.54) is 54.6 Å². The van der Waals surface area contributed by atoms with Crippen molar-refractivity contribution in [3.63, 3.8) is 0 Å². The molecule has 0 fully saturated rings. The van der Waals surface area contributed by atoms with E-state index >= 15 is 0 Å². The summed E-state index contributed by atoms with van der Waals surface area (Å²) < 4.78 is 11.0. The fraction of sp³-hybridized carbons (Fsp3) is 0.167. The van der Waals surface area contributed by atoms with Crippen molar-refractivity contribution in [3.05, 3.63) is 83.4 Å². The third-order valence-corrected chi connectivity index (χ3v) is 4.80. The Morgan fingerprint density at radius 3 is 1.52 bits per heavy atom. The Balaban J connectivity index is 1.90. The zero-order valence-electron chi connectivity index (χ0n) is 17.2. The molecule has 0 aliphatic carbocycles. The molecule has 7 heteroatoms. The third-order valence-electron chi connectivity index (χ3n) is 4.80. The Morgan fingerprint density at radius 1 is 0.774 bits per heavy atom. The number of carbonyl (C=O) groups is 2. The molecule has 0 aliphatic heterocycles. The van der Waals surface area contributed by atoms with Gasteiger partial charge in [-0.3, -0.25) is 0 Å². The van der Waals surface area contributed by atoms with E-state index in [4.69, 9.17) is 15.2 Å². The first-order valence-electron chi connectivity index (χ1n) is 9.56. The first-order chi connectivity index (χ1) is 14.7. The largest absolute Gasteiger partial charge is 0.508 e. The van der Waals surface area contributed by atoms with Crippen LogP contribution in [0.1, 0.15) is 40.1 Å². The number of benzene rings is 3. The number of hydrogen-bond donors (Lipinski definition) is 3. The minimum Gasteiger partial charge on any atom is -0.508 e. The van der Waals surface area contributed by atoms with Crippen LogP contribution in [0.4, 0.5) is 0 Å². The molecule has 0 radical (unpaired) electrons. The summed E-state index contributed by atoms with van der Waals surface area (Å²) in [5.41, 5.74) is 6.65. The number of hydrogen-bond acceptors (Lipinski definition) is 7. The molecule has 160 valence electrons. The number of aromatic hydroxyl groups is 2. The molecule has 3 aromatic rings. The molecular formula is C24H23NO6. The van der Waals surface area contributed by atoms with E-state index in [1.54, 1.807) is 12.1 Å². The standard InChI is InChI=1S/C24H23NO6/c1-24(2,14-25)17-11-20(30-22(28)15-3-7-18(26)8-4-15)13-21(12-17)31-23(29)16-5-9-19(27)10-6-16/h3-13,26-27H,14,25H2,1-2H3. The van der Waals surface area contributed by atoms with Crippen LogP contribution in [0.5, 0.6) is 23.0 Å². The molecule has 0 unspecified atom stereocenters. The van der Waals surface area contributed by atoms with Gasteiger partial charge in [0.1, 0.15) is 23.0 Å². The first kappa shape index (κ1) is 21.9. The van der Waals surface area contributed by atoms with Crippen molar-refractivity contribution in [3.8, 4) is 23.0 Å². The molecule has 31 heavy (non-hydrogen) atoms. The highest BCUT2D eigenvalue weighted by atomic mass is 16.5. The van der Waals surface area contributed by atoms with Crippen LogP contribution >= 0.6 is 0 Å². The molecule has 0 bridgehead atoms. The fourth-order valence-corrected chi connectivity index (χ4v) is 2.73. The summed E-state index contributed by atoms with van der Waals surface area (Å²) in [5.74, 6) is -0.813. The van der Waals surface area contributed by atoms with Gasteiger partial charge in [-0.25, -0.2) is 9.59 Å². The van der Waals surface area contributed by atoms with Crippen LogP contribution < -0.4 is 15.2 Å². The molecule has 0 heterocycles. The summed E-state index contributed by atoms with van der Waals surface area (Å²) in [7, 11) is 0. The van der Waals surface area contributed by atoms with Crippen LogP contribution in [0.3, 0.4) is 0 Å². The van der Waals surface area contributed by atoms with E-state index in [1.807, 2.05) is 13.8 Å². The molecule has 7 nitrogen and oxygen atoms in total. The molecule has 0 saturated heterocycles. The quantitative estimate of drug-likeness (QED) is 0.409. The van der Waals surface area contributed by atoms with E-state index < -0.39 is 17.4 Å². The summed E-state index contributed by atoms with van der Waals surface area (Å²) in [6.07, 6.45) is 0. The minimum atomic E-state index is -0.626. The maximum atomic E-state index is 12.5. The molecule has 3 rings (SSSR count). The predicted molar refractivity (Wildman–Crippen MR) is 115 cm³/mol. The van der Waals surface area contributed by atoms with Crippen LogP contribution in [0, 0.1) is 0 Å². The van der Waals surface area contributed by atoms with E-state index in [-0.39, 0.29) is 34.1 Å². The number of ether oxygens (including phenoxy) is 2. The zero-order chi connectivity index (χ0) is 22.6. The highest BCUT2D eigenvalue weighted by Gasteiger charge is 2.22. The van der Waals surface area contributed by atoms with Crippen molar-refractivity contribution in [1.29, 1.82) is 0 Å². The van der Waals surface area contributed by atoms with E-state index in [9.17, 15) is 19.8 Å². The van der Waals surface area contributed by atoms with Gasteiger partial charge in [0, 0.05) is 18.0 Å². The summed E-state index contributed by atoms with van der Waals surface area (Å²) in [6.45, 7) is 4.15. The first-order valence-corrected chi connectivity index (χ1v) is 9.56. The van der Waals surface area contributed by atoms with Gasteiger partial charge in [-0.05, 0) is 66.2 Å². The molecule has 0 aromatic heterocycles. The number of phenols is 2. The molecule has 0 aliphatic rings. The van der Waals surface area contributed by atoms with Crippen LogP contribution in [-0.4, -0.2) is 28.7 Å². The van der Waals surface area contributed by atoms with Crippen molar-refractivity contribution in [2.45, 2.75) is 19.3 Å². The Bertz CT molecular complexity index is 1010. The van der Waals surface area contributed by atoms with Gasteiger partial charge in [0.2, 0.25) is 0 Å². The van der Waals surface area contributed by atoms with Crippen molar-refractivity contribution < 1.29 is 29.3 Å². The lowest BCUT2D eigenvalue weighted by atomic mass is 9.84. The number of carbonyl (C=O) groups excluding carboxylic acids is 2. The Hall–Kier alpha value is -3.84. The van der Waals surface area contributed by atoms with Gasteiger partial charge in [0.15, 0.2) is 0 Å². The van der Waals surface area contributed by atoms with Crippen molar-refractivity contribution >= 4 is 11.9 Å². The average molecular weight is 421 g/mol. The number of nitrogens with two attached hydrogens (primary N) is 1. The third kappa shape index (κ3) is 5.40. The molecule has 4 N–H and O–H groups in total. The highest BCUT2D eigenvalue weighted by molar-refractivity contribution is 5.92. The van der Waals surface area contributed by atoms with E-state index in [2.05, 4.69) is 0 Å². The predicted octanol–water partition coefficient (Wildman–Crippen LogP) is 3.77. The van der Waals surface area contributed by atoms with Crippen LogP contribution in [0.15, 0.2) is 66.7 Å². The van der Waals surface area contributed by atoms with Gasteiger partial charge < -0.3 is 25.4 Å². The normalized spacial score (nSPS) is 11.1. The lowest BCUT2D eigenvalue weighted by Gasteiger charge is -2.24. The van der Waals surface area contributed by atoms with E-state index in [0.29, 0.717) is 6.54 Å². The second-order valence-corrected chi connectivity index (χ2v) is 7.65. The van der Waals surface area contributed by atoms with Crippen LogP contribution in [-0.2, 0) is 5.41 Å². The van der Waals surface area contributed by atoms with Gasteiger partial charge in [-0.15, -0.1) is 0 Å². The second-order valence-electron chi connectivity index (χ2n) is 7.65. The average Bonchev–Trinajstić information content (AvgIpc) is 2.74. The molecule has 3 aromatic carbocycles. The lowest BCUT2D eigenvalue weighted by molar-refractivity contribution is 0.0732. The molecule has 0 saturated carbocycles. The topological polar surface area (TPSA) is 119 Å². The SMILES string of the molecule is CC(C)(CN)c1cc(OC(=O)c2ccc(O)cc2)cc(OC(=O)c2ccc(O)cc2)c1. The summed E-state index contributed by atoms with van der Waals surface area (Å²) in [4.78, 5) is 25.0. The number of rotatable bonds is 6.